The molecule has 0 radical (unpaired) electrons. The molecule has 0 spiro atoms. The van der Waals surface area contributed by atoms with Crippen LogP contribution in [0.3, 0.4) is 0 Å². The maximum Gasteiger partial charge on any atom is 0.0609 e. The first-order chi connectivity index (χ1) is 12.2. The number of aliphatic hydroxyl groups is 2. The third kappa shape index (κ3) is 4.91. The summed E-state index contributed by atoms with van der Waals surface area (Å²) >= 11 is 0. The van der Waals surface area contributed by atoms with Crippen LogP contribution in [0.15, 0.2) is 35.9 Å². The van der Waals surface area contributed by atoms with Crippen LogP contribution in [0.5, 0.6) is 0 Å². The van der Waals surface area contributed by atoms with Gasteiger partial charge in [0.05, 0.1) is 19.3 Å². The summed E-state index contributed by atoms with van der Waals surface area (Å²) in [6.45, 7) is 4.27. The Kier molecular flexibility index (Phi) is 6.65. The van der Waals surface area contributed by atoms with Crippen LogP contribution in [0.1, 0.15) is 38.2 Å². The second kappa shape index (κ2) is 8.95. The van der Waals surface area contributed by atoms with Crippen LogP contribution in [-0.2, 0) is 0 Å². The van der Waals surface area contributed by atoms with E-state index in [0.717, 1.165) is 32.4 Å². The fourth-order valence-electron chi connectivity index (χ4n) is 4.05. The van der Waals surface area contributed by atoms with E-state index in [2.05, 4.69) is 53.5 Å². The first kappa shape index (κ1) is 18.6. The molecular weight excluding hydrogens is 312 g/mol. The Bertz CT molecular complexity index is 548. The number of piperidine rings is 1. The largest absolute Gasteiger partial charge is 0.395 e. The molecule has 1 aliphatic carbocycles. The molecule has 2 atom stereocenters. The van der Waals surface area contributed by atoms with Gasteiger partial charge in [-0.05, 0) is 37.2 Å². The summed E-state index contributed by atoms with van der Waals surface area (Å²) in [5.74, 6) is 0.686. The molecule has 1 saturated carbocycles. The summed E-state index contributed by atoms with van der Waals surface area (Å²) in [6.07, 6.45) is 6.93. The topological polar surface area (TPSA) is 55.7 Å². The van der Waals surface area contributed by atoms with Gasteiger partial charge in [0.25, 0.3) is 0 Å². The number of nitrogens with one attached hydrogen (secondary N) is 1. The molecule has 2 fully saturated rings. The molecule has 0 aromatic heterocycles. The highest BCUT2D eigenvalue weighted by Gasteiger charge is 2.40. The lowest BCUT2D eigenvalue weighted by Crippen LogP contribution is -2.49. The lowest BCUT2D eigenvalue weighted by atomic mass is 10.0. The number of rotatable bonds is 8. The highest BCUT2D eigenvalue weighted by atomic mass is 16.3. The fraction of sp³-hybridized carbons (Fsp3) is 0.619. The third-order valence-corrected chi connectivity index (χ3v) is 5.74. The molecule has 138 valence electrons. The molecule has 1 heterocycles. The summed E-state index contributed by atoms with van der Waals surface area (Å²) in [5.41, 5.74) is 2.86. The zero-order valence-electron chi connectivity index (χ0n) is 15.3. The van der Waals surface area contributed by atoms with Crippen LogP contribution < -0.4 is 5.32 Å². The van der Waals surface area contributed by atoms with E-state index in [4.69, 9.17) is 0 Å². The molecule has 1 aromatic carbocycles. The number of hydrogen-bond acceptors (Lipinski definition) is 4. The van der Waals surface area contributed by atoms with E-state index in [1.54, 1.807) is 5.57 Å². The fourth-order valence-corrected chi connectivity index (χ4v) is 4.05. The van der Waals surface area contributed by atoms with Crippen LogP contribution in [0, 0.1) is 5.92 Å². The van der Waals surface area contributed by atoms with Crippen molar-refractivity contribution in [3.8, 4) is 0 Å². The Labute approximate surface area is 151 Å². The highest BCUT2D eigenvalue weighted by Crippen LogP contribution is 2.40. The van der Waals surface area contributed by atoms with E-state index in [1.807, 2.05) is 0 Å². The molecular formula is C21H32N2O2. The van der Waals surface area contributed by atoms with Crippen LogP contribution >= 0.6 is 0 Å². The minimum absolute atomic E-state index is 0.0451. The predicted octanol–water partition coefficient (Wildman–Crippen LogP) is 2.28. The molecule has 1 unspecified atom stereocenters. The molecule has 4 nitrogen and oxygen atoms in total. The Morgan fingerprint density at radius 2 is 1.88 bits per heavy atom. The van der Waals surface area contributed by atoms with Crippen molar-refractivity contribution in [2.24, 2.45) is 5.92 Å². The maximum absolute atomic E-state index is 9.32. The molecule has 1 saturated heterocycles. The maximum atomic E-state index is 9.32. The van der Waals surface area contributed by atoms with Crippen LogP contribution in [-0.4, -0.2) is 59.5 Å². The average molecular weight is 344 g/mol. The summed E-state index contributed by atoms with van der Waals surface area (Å²) in [4.78, 5) is 2.22. The van der Waals surface area contributed by atoms with Gasteiger partial charge in [0.2, 0.25) is 0 Å². The molecule has 3 rings (SSSR count). The molecule has 1 aromatic rings. The van der Waals surface area contributed by atoms with E-state index in [1.165, 1.54) is 12.0 Å². The van der Waals surface area contributed by atoms with E-state index < -0.39 is 0 Å². The quantitative estimate of drug-likeness (QED) is 0.677. The van der Waals surface area contributed by atoms with Crippen molar-refractivity contribution in [2.75, 3.05) is 26.3 Å². The van der Waals surface area contributed by atoms with Crippen molar-refractivity contribution in [2.45, 2.75) is 50.7 Å². The van der Waals surface area contributed by atoms with E-state index in [9.17, 15) is 10.2 Å². The molecule has 4 heteroatoms. The third-order valence-electron chi connectivity index (χ3n) is 5.74. The molecule has 2 aliphatic rings. The van der Waals surface area contributed by atoms with Crippen molar-refractivity contribution < 1.29 is 10.2 Å². The predicted molar refractivity (Wildman–Crippen MR) is 102 cm³/mol. The van der Waals surface area contributed by atoms with Gasteiger partial charge in [0.15, 0.2) is 0 Å². The van der Waals surface area contributed by atoms with Crippen LogP contribution in [0.4, 0.5) is 0 Å². The van der Waals surface area contributed by atoms with Gasteiger partial charge < -0.3 is 15.5 Å². The van der Waals surface area contributed by atoms with Gasteiger partial charge in [-0.2, -0.15) is 0 Å². The zero-order chi connectivity index (χ0) is 17.6. The van der Waals surface area contributed by atoms with Gasteiger partial charge in [-0.3, -0.25) is 4.90 Å². The lowest BCUT2D eigenvalue weighted by molar-refractivity contribution is 0.0540. The van der Waals surface area contributed by atoms with E-state index in [-0.39, 0.29) is 19.3 Å². The Balaban J connectivity index is 1.47. The van der Waals surface area contributed by atoms with Crippen molar-refractivity contribution in [1.29, 1.82) is 0 Å². The van der Waals surface area contributed by atoms with E-state index in [0.29, 0.717) is 18.0 Å². The SMILES string of the molecule is CC/C(=C\c1ccccc1)C1C[C@H]1NC1CCN(C(CO)CO)CC1. The average Bonchev–Trinajstić information content (AvgIpc) is 3.42. The molecule has 0 amide bonds. The van der Waals surface area contributed by atoms with Gasteiger partial charge in [-0.15, -0.1) is 0 Å². The summed E-state index contributed by atoms with van der Waals surface area (Å²) in [6, 6.07) is 11.7. The van der Waals surface area contributed by atoms with Crippen molar-refractivity contribution in [1.82, 2.24) is 10.2 Å². The van der Waals surface area contributed by atoms with Crippen molar-refractivity contribution >= 4 is 6.08 Å². The van der Waals surface area contributed by atoms with Gasteiger partial charge in [0.1, 0.15) is 0 Å². The van der Waals surface area contributed by atoms with Crippen LogP contribution in [0.2, 0.25) is 0 Å². The summed E-state index contributed by atoms with van der Waals surface area (Å²) in [7, 11) is 0. The van der Waals surface area contributed by atoms with E-state index >= 15 is 0 Å². The number of benzene rings is 1. The monoisotopic (exact) mass is 344 g/mol. The Hall–Kier alpha value is -1.20. The van der Waals surface area contributed by atoms with Crippen molar-refractivity contribution in [3.05, 3.63) is 41.5 Å². The minimum Gasteiger partial charge on any atom is -0.395 e. The minimum atomic E-state index is -0.0878. The smallest absolute Gasteiger partial charge is 0.0609 e. The Morgan fingerprint density at radius 3 is 2.48 bits per heavy atom. The number of aliphatic hydroxyl groups excluding tert-OH is 2. The summed E-state index contributed by atoms with van der Waals surface area (Å²) in [5, 5.41) is 22.5. The second-order valence-corrected chi connectivity index (χ2v) is 7.43. The molecule has 1 aliphatic heterocycles. The second-order valence-electron chi connectivity index (χ2n) is 7.43. The van der Waals surface area contributed by atoms with Gasteiger partial charge in [0, 0.05) is 25.2 Å². The molecule has 0 bridgehead atoms. The van der Waals surface area contributed by atoms with Gasteiger partial charge >= 0.3 is 0 Å². The Morgan fingerprint density at radius 1 is 1.20 bits per heavy atom. The normalized spacial score (nSPS) is 25.5. The first-order valence-electron chi connectivity index (χ1n) is 9.72. The highest BCUT2D eigenvalue weighted by molar-refractivity contribution is 5.54. The number of hydrogen-bond donors (Lipinski definition) is 3. The van der Waals surface area contributed by atoms with Gasteiger partial charge in [-0.1, -0.05) is 48.9 Å². The van der Waals surface area contributed by atoms with Crippen molar-refractivity contribution in [3.63, 3.8) is 0 Å². The molecule has 3 N–H and O–H groups in total. The van der Waals surface area contributed by atoms with Gasteiger partial charge in [-0.25, -0.2) is 0 Å². The zero-order valence-corrected chi connectivity index (χ0v) is 15.3. The van der Waals surface area contributed by atoms with Crippen LogP contribution in [0.25, 0.3) is 6.08 Å². The lowest BCUT2D eigenvalue weighted by Gasteiger charge is -2.36. The first-order valence-corrected chi connectivity index (χ1v) is 9.72. The number of likely N-dealkylation sites (tertiary alicyclic amines) is 1. The standard InChI is InChI=1S/C21H32N2O2/c1-2-17(12-16-6-4-3-5-7-16)20-13-21(20)22-18-8-10-23(11-9-18)19(14-24)15-25/h3-7,12,18-22,24-25H,2,8-11,13-15H2,1H3/b17-12+/t20?,21-/m1/s1. The summed E-state index contributed by atoms with van der Waals surface area (Å²) < 4.78 is 0. The molecule has 25 heavy (non-hydrogen) atoms. The number of nitrogens with zero attached hydrogens (tertiary/aromatic N) is 1.